The Kier molecular flexibility index (Phi) is 63.8. The zero-order valence-corrected chi connectivity index (χ0v) is 7.77. The Bertz CT molecular complexity index is 100. The van der Waals surface area contributed by atoms with E-state index in [-0.39, 0.29) is 5.57 Å². The first-order chi connectivity index (χ1) is 5.64. The Hall–Kier alpha value is -1.57. The number of carboxylic acids is 1. The summed E-state index contributed by atoms with van der Waals surface area (Å²) in [5.41, 5.74) is 0.0648. The van der Waals surface area contributed by atoms with Crippen molar-refractivity contribution in [2.45, 2.75) is 6.92 Å². The van der Waals surface area contributed by atoms with Crippen LogP contribution in [0.4, 0.5) is 0 Å². The van der Waals surface area contributed by atoms with Crippen molar-refractivity contribution >= 4 is 5.97 Å². The monoisotopic (exact) mass is 169 g/mol. The van der Waals surface area contributed by atoms with Crippen LogP contribution in [0.5, 0.6) is 0 Å². The standard InChI is InChI=1S/C4H6O2.3C2H4/c1-3(2)4(5)6;3*1-2/h1H2,2H3,(H,5,6);3*1-2H2/p-1. The van der Waals surface area contributed by atoms with Gasteiger partial charge in [0, 0.05) is 0 Å². The van der Waals surface area contributed by atoms with Gasteiger partial charge in [-0.25, -0.2) is 0 Å². The molecule has 0 atom stereocenters. The van der Waals surface area contributed by atoms with Crippen LogP contribution in [0.1, 0.15) is 6.92 Å². The van der Waals surface area contributed by atoms with Crippen LogP contribution in [-0.2, 0) is 4.79 Å². The molecule has 2 nitrogen and oxygen atoms in total. The average molecular weight is 169 g/mol. The van der Waals surface area contributed by atoms with Gasteiger partial charge in [-0.05, 0) is 12.5 Å². The van der Waals surface area contributed by atoms with Gasteiger partial charge in [-0.3, -0.25) is 0 Å². The Labute approximate surface area is 75.2 Å². The summed E-state index contributed by atoms with van der Waals surface area (Å²) < 4.78 is 0. The van der Waals surface area contributed by atoms with Gasteiger partial charge in [0.2, 0.25) is 0 Å². The molecule has 70 valence electrons. The lowest BCUT2D eigenvalue weighted by atomic mass is 10.4. The van der Waals surface area contributed by atoms with Crippen LogP contribution in [-0.4, -0.2) is 5.97 Å². The third-order valence-corrected chi connectivity index (χ3v) is 0.348. The van der Waals surface area contributed by atoms with E-state index in [9.17, 15) is 9.90 Å². The number of carboxylic acid groups (broad SMARTS) is 1. The van der Waals surface area contributed by atoms with Crippen LogP contribution >= 0.6 is 0 Å². The van der Waals surface area contributed by atoms with Crippen molar-refractivity contribution in [1.29, 1.82) is 0 Å². The summed E-state index contributed by atoms with van der Waals surface area (Å²) >= 11 is 0. The lowest BCUT2D eigenvalue weighted by Gasteiger charge is -1.93. The maximum Gasteiger partial charge on any atom is 0.0666 e. The summed E-state index contributed by atoms with van der Waals surface area (Å²) in [5, 5.41) is 9.49. The number of aliphatic carboxylic acids is 1. The third-order valence-electron chi connectivity index (χ3n) is 0.348. The van der Waals surface area contributed by atoms with E-state index in [0.717, 1.165) is 0 Å². The van der Waals surface area contributed by atoms with Crippen molar-refractivity contribution in [2.24, 2.45) is 0 Å². The fraction of sp³-hybridized carbons (Fsp3) is 0.100. The van der Waals surface area contributed by atoms with Crippen molar-refractivity contribution in [3.63, 3.8) is 0 Å². The second-order valence-electron chi connectivity index (χ2n) is 1.07. The molecule has 0 aliphatic carbocycles. The topological polar surface area (TPSA) is 40.1 Å². The Balaban J connectivity index is -0.0000000453. The van der Waals surface area contributed by atoms with Crippen LogP contribution in [0.2, 0.25) is 0 Å². The summed E-state index contributed by atoms with van der Waals surface area (Å²) in [6.07, 6.45) is 0. The minimum atomic E-state index is -1.19. The SMILES string of the molecule is C=C.C=C.C=C.C=C(C)C(=O)[O-]. The highest BCUT2D eigenvalue weighted by atomic mass is 16.4. The van der Waals surface area contributed by atoms with Crippen LogP contribution in [0, 0.1) is 0 Å². The van der Waals surface area contributed by atoms with Crippen molar-refractivity contribution in [1.82, 2.24) is 0 Å². The predicted octanol–water partition coefficient (Wildman–Crippen LogP) is 1.72. The molecule has 0 heterocycles. The minimum Gasteiger partial charge on any atom is -0.545 e. The molecule has 0 rings (SSSR count). The van der Waals surface area contributed by atoms with Gasteiger partial charge in [-0.15, -0.1) is 39.5 Å². The first kappa shape index (κ1) is 22.4. The summed E-state index contributed by atoms with van der Waals surface area (Å²) in [7, 11) is 0. The van der Waals surface area contributed by atoms with Gasteiger partial charge in [-0.2, -0.15) is 0 Å². The van der Waals surface area contributed by atoms with E-state index in [1.807, 2.05) is 0 Å². The van der Waals surface area contributed by atoms with Gasteiger partial charge in [-0.1, -0.05) is 6.58 Å². The minimum absolute atomic E-state index is 0.0648. The van der Waals surface area contributed by atoms with Gasteiger partial charge in [0.05, 0.1) is 5.97 Å². The molecular weight excluding hydrogens is 152 g/mol. The molecule has 0 aliphatic heterocycles. The molecule has 0 aromatic heterocycles. The molecule has 0 N–H and O–H groups in total. The van der Waals surface area contributed by atoms with E-state index in [4.69, 9.17) is 0 Å². The van der Waals surface area contributed by atoms with E-state index in [2.05, 4.69) is 46.1 Å². The van der Waals surface area contributed by atoms with Crippen molar-refractivity contribution in [2.75, 3.05) is 0 Å². The van der Waals surface area contributed by atoms with Crippen LogP contribution in [0.15, 0.2) is 51.6 Å². The first-order valence-electron chi connectivity index (χ1n) is 3.01. The smallest absolute Gasteiger partial charge is 0.0666 e. The fourth-order valence-corrected chi connectivity index (χ4v) is 0. The molecule has 0 amide bonds. The highest BCUT2D eigenvalue weighted by Crippen LogP contribution is 1.77. The molecule has 0 aromatic carbocycles. The quantitative estimate of drug-likeness (QED) is 0.443. The van der Waals surface area contributed by atoms with Gasteiger partial charge < -0.3 is 9.90 Å². The third kappa shape index (κ3) is 78.8. The number of hydrogen-bond donors (Lipinski definition) is 0. The zero-order chi connectivity index (χ0) is 11.2. The molecule has 0 saturated heterocycles. The van der Waals surface area contributed by atoms with E-state index < -0.39 is 5.97 Å². The fourth-order valence-electron chi connectivity index (χ4n) is 0. The zero-order valence-electron chi connectivity index (χ0n) is 7.77. The highest BCUT2D eigenvalue weighted by molar-refractivity contribution is 5.82. The number of rotatable bonds is 1. The normalized spacial score (nSPS) is 4.75. The molecule has 2 heteroatoms. The summed E-state index contributed by atoms with van der Waals surface area (Å²) in [5.74, 6) is -1.19. The average Bonchev–Trinajstić information content (AvgIpc) is 2.14. The largest absolute Gasteiger partial charge is 0.545 e. The van der Waals surface area contributed by atoms with E-state index in [0.29, 0.717) is 0 Å². The number of hydrogen-bond acceptors (Lipinski definition) is 2. The first-order valence-corrected chi connectivity index (χ1v) is 3.01. The molecule has 0 bridgehead atoms. The predicted molar refractivity (Wildman–Crippen MR) is 53.6 cm³/mol. The summed E-state index contributed by atoms with van der Waals surface area (Å²) in [6.45, 7) is 22.5. The lowest BCUT2D eigenvalue weighted by Crippen LogP contribution is -2.22. The van der Waals surface area contributed by atoms with Crippen LogP contribution in [0.25, 0.3) is 0 Å². The highest BCUT2D eigenvalue weighted by Gasteiger charge is 1.76. The molecule has 0 saturated carbocycles. The molecule has 0 radical (unpaired) electrons. The Morgan fingerprint density at radius 3 is 1.08 bits per heavy atom. The molecule has 0 aromatic rings. The summed E-state index contributed by atoms with van der Waals surface area (Å²) in [6, 6.07) is 0. The maximum atomic E-state index is 9.49. The molecule has 0 fully saturated rings. The van der Waals surface area contributed by atoms with Crippen molar-refractivity contribution in [3.05, 3.63) is 51.6 Å². The molecule has 0 aliphatic rings. The molecule has 12 heavy (non-hydrogen) atoms. The van der Waals surface area contributed by atoms with E-state index >= 15 is 0 Å². The van der Waals surface area contributed by atoms with Gasteiger partial charge >= 0.3 is 0 Å². The van der Waals surface area contributed by atoms with E-state index in [1.165, 1.54) is 6.92 Å². The van der Waals surface area contributed by atoms with Gasteiger partial charge in [0.1, 0.15) is 0 Å². The summed E-state index contributed by atoms with van der Waals surface area (Å²) in [4.78, 5) is 9.49. The Morgan fingerprint density at radius 2 is 1.08 bits per heavy atom. The van der Waals surface area contributed by atoms with Crippen molar-refractivity contribution < 1.29 is 9.90 Å². The lowest BCUT2D eigenvalue weighted by molar-refractivity contribution is -0.299. The van der Waals surface area contributed by atoms with Gasteiger partial charge in [0.25, 0.3) is 0 Å². The molecule has 0 unspecified atom stereocenters. The van der Waals surface area contributed by atoms with Crippen molar-refractivity contribution in [3.8, 4) is 0 Å². The maximum absolute atomic E-state index is 9.49. The number of carbonyl (C=O) groups is 1. The molecular formula is C10H17O2-. The van der Waals surface area contributed by atoms with Crippen LogP contribution < -0.4 is 5.11 Å². The second kappa shape index (κ2) is 34.1. The Morgan fingerprint density at radius 1 is 1.00 bits per heavy atom. The molecule has 0 spiro atoms. The van der Waals surface area contributed by atoms with Crippen LogP contribution in [0.3, 0.4) is 0 Å². The van der Waals surface area contributed by atoms with E-state index in [1.54, 1.807) is 0 Å². The number of carbonyl (C=O) groups excluding carboxylic acids is 1. The second-order valence-corrected chi connectivity index (χ2v) is 1.07. The van der Waals surface area contributed by atoms with Gasteiger partial charge in [0.15, 0.2) is 0 Å².